The SMILES string of the molecule is CCOC(=O)C(C(C)=O)C(=O)c1ccccc1C. The van der Waals surface area contributed by atoms with Gasteiger partial charge in [0.05, 0.1) is 6.61 Å². The molecule has 1 rings (SSSR count). The van der Waals surface area contributed by atoms with Crippen molar-refractivity contribution < 1.29 is 19.1 Å². The number of aryl methyl sites for hydroxylation is 1. The van der Waals surface area contributed by atoms with Crippen LogP contribution in [0.3, 0.4) is 0 Å². The summed E-state index contributed by atoms with van der Waals surface area (Å²) in [6, 6.07) is 6.85. The third-order valence-electron chi connectivity index (χ3n) is 2.60. The summed E-state index contributed by atoms with van der Waals surface area (Å²) >= 11 is 0. The highest BCUT2D eigenvalue weighted by Gasteiger charge is 2.33. The second-order valence-electron chi connectivity index (χ2n) is 3.97. The van der Waals surface area contributed by atoms with Crippen molar-refractivity contribution in [2.24, 2.45) is 5.92 Å². The first kappa shape index (κ1) is 14.1. The molecule has 0 aliphatic rings. The van der Waals surface area contributed by atoms with Crippen molar-refractivity contribution in [1.82, 2.24) is 0 Å². The van der Waals surface area contributed by atoms with Gasteiger partial charge in [0.2, 0.25) is 0 Å². The minimum Gasteiger partial charge on any atom is -0.465 e. The van der Waals surface area contributed by atoms with Gasteiger partial charge < -0.3 is 4.74 Å². The first-order valence-electron chi connectivity index (χ1n) is 5.76. The maximum Gasteiger partial charge on any atom is 0.324 e. The fourth-order valence-electron chi connectivity index (χ4n) is 1.69. The molecule has 1 aromatic rings. The zero-order chi connectivity index (χ0) is 13.7. The van der Waals surface area contributed by atoms with E-state index >= 15 is 0 Å². The molecular weight excluding hydrogens is 232 g/mol. The van der Waals surface area contributed by atoms with Crippen molar-refractivity contribution in [2.75, 3.05) is 6.61 Å². The highest BCUT2D eigenvalue weighted by molar-refractivity contribution is 6.22. The molecule has 0 radical (unpaired) electrons. The lowest BCUT2D eigenvalue weighted by atomic mass is 9.92. The molecule has 0 aliphatic carbocycles. The zero-order valence-corrected chi connectivity index (χ0v) is 10.7. The van der Waals surface area contributed by atoms with E-state index in [9.17, 15) is 14.4 Å². The average Bonchev–Trinajstić information content (AvgIpc) is 2.29. The first-order chi connectivity index (χ1) is 8.49. The molecule has 96 valence electrons. The van der Waals surface area contributed by atoms with E-state index in [-0.39, 0.29) is 6.61 Å². The van der Waals surface area contributed by atoms with E-state index in [4.69, 9.17) is 4.74 Å². The minimum absolute atomic E-state index is 0.143. The molecule has 0 saturated carbocycles. The summed E-state index contributed by atoms with van der Waals surface area (Å²) in [7, 11) is 0. The Morgan fingerprint density at radius 2 is 1.83 bits per heavy atom. The van der Waals surface area contributed by atoms with Crippen molar-refractivity contribution in [3.05, 3.63) is 35.4 Å². The standard InChI is InChI=1S/C14H16O4/c1-4-18-14(17)12(10(3)15)13(16)11-8-6-5-7-9(11)2/h5-8,12H,4H2,1-3H3. The van der Waals surface area contributed by atoms with Gasteiger partial charge in [-0.05, 0) is 26.3 Å². The van der Waals surface area contributed by atoms with Crippen LogP contribution in [-0.4, -0.2) is 24.1 Å². The van der Waals surface area contributed by atoms with E-state index in [1.807, 2.05) is 0 Å². The second kappa shape index (κ2) is 6.10. The smallest absolute Gasteiger partial charge is 0.324 e. The summed E-state index contributed by atoms with van der Waals surface area (Å²) in [5.74, 6) is -3.13. The van der Waals surface area contributed by atoms with E-state index < -0.39 is 23.5 Å². The summed E-state index contributed by atoms with van der Waals surface area (Å²) in [6.45, 7) is 4.75. The molecular formula is C14H16O4. The third-order valence-corrected chi connectivity index (χ3v) is 2.60. The molecule has 0 bridgehead atoms. The van der Waals surface area contributed by atoms with Crippen molar-refractivity contribution >= 4 is 17.5 Å². The fraction of sp³-hybridized carbons (Fsp3) is 0.357. The molecule has 0 spiro atoms. The lowest BCUT2D eigenvalue weighted by molar-refractivity contribution is -0.148. The van der Waals surface area contributed by atoms with Gasteiger partial charge in [-0.2, -0.15) is 0 Å². The van der Waals surface area contributed by atoms with Crippen LogP contribution in [0.4, 0.5) is 0 Å². The first-order valence-corrected chi connectivity index (χ1v) is 5.76. The van der Waals surface area contributed by atoms with Crippen molar-refractivity contribution in [3.8, 4) is 0 Å². The number of benzene rings is 1. The van der Waals surface area contributed by atoms with Gasteiger partial charge in [-0.25, -0.2) is 0 Å². The van der Waals surface area contributed by atoms with E-state index in [2.05, 4.69) is 0 Å². The number of hydrogen-bond donors (Lipinski definition) is 0. The molecule has 0 heterocycles. The monoisotopic (exact) mass is 248 g/mol. The van der Waals surface area contributed by atoms with Gasteiger partial charge in [-0.1, -0.05) is 24.3 Å². The Hall–Kier alpha value is -1.97. The van der Waals surface area contributed by atoms with E-state index in [1.165, 1.54) is 6.92 Å². The number of carbonyl (C=O) groups excluding carboxylic acids is 3. The molecule has 4 nitrogen and oxygen atoms in total. The molecule has 1 aromatic carbocycles. The number of Topliss-reactive ketones (excluding diaryl/α,β-unsaturated/α-hetero) is 2. The molecule has 0 amide bonds. The Labute approximate surface area is 106 Å². The van der Waals surface area contributed by atoms with E-state index in [1.54, 1.807) is 38.1 Å². The Kier molecular flexibility index (Phi) is 4.77. The minimum atomic E-state index is -1.36. The Morgan fingerprint density at radius 1 is 1.22 bits per heavy atom. The van der Waals surface area contributed by atoms with Crippen LogP contribution in [0, 0.1) is 12.8 Å². The highest BCUT2D eigenvalue weighted by atomic mass is 16.5. The summed E-state index contributed by atoms with van der Waals surface area (Å²) in [6.07, 6.45) is 0. The van der Waals surface area contributed by atoms with Gasteiger partial charge in [0.25, 0.3) is 0 Å². The van der Waals surface area contributed by atoms with Gasteiger partial charge in [0, 0.05) is 5.56 Å². The summed E-state index contributed by atoms with van der Waals surface area (Å²) in [4.78, 5) is 35.3. The molecule has 1 unspecified atom stereocenters. The molecule has 1 atom stereocenters. The van der Waals surface area contributed by atoms with Gasteiger partial charge in [0.1, 0.15) is 0 Å². The number of esters is 1. The Morgan fingerprint density at radius 3 is 2.33 bits per heavy atom. The quantitative estimate of drug-likeness (QED) is 0.454. The maximum atomic E-state index is 12.2. The van der Waals surface area contributed by atoms with Gasteiger partial charge in [-0.3, -0.25) is 14.4 Å². The lowest BCUT2D eigenvalue weighted by Crippen LogP contribution is -2.32. The van der Waals surface area contributed by atoms with Gasteiger partial charge in [0.15, 0.2) is 17.5 Å². The van der Waals surface area contributed by atoms with Gasteiger partial charge in [-0.15, -0.1) is 0 Å². The number of ketones is 2. The molecule has 0 N–H and O–H groups in total. The number of hydrogen-bond acceptors (Lipinski definition) is 4. The molecule has 0 saturated heterocycles. The molecule has 0 aromatic heterocycles. The van der Waals surface area contributed by atoms with Crippen LogP contribution in [0.5, 0.6) is 0 Å². The predicted octanol–water partition coefficient (Wildman–Crippen LogP) is 1.95. The highest BCUT2D eigenvalue weighted by Crippen LogP contribution is 2.15. The summed E-state index contributed by atoms with van der Waals surface area (Å²) < 4.78 is 4.77. The Bertz CT molecular complexity index is 476. The van der Waals surface area contributed by atoms with Crippen LogP contribution in [-0.2, 0) is 14.3 Å². The van der Waals surface area contributed by atoms with Gasteiger partial charge >= 0.3 is 5.97 Å². The number of ether oxygens (including phenoxy) is 1. The van der Waals surface area contributed by atoms with E-state index in [0.29, 0.717) is 5.56 Å². The van der Waals surface area contributed by atoms with Crippen LogP contribution in [0.15, 0.2) is 24.3 Å². The summed E-state index contributed by atoms with van der Waals surface area (Å²) in [5.41, 5.74) is 1.11. The van der Waals surface area contributed by atoms with Crippen molar-refractivity contribution in [3.63, 3.8) is 0 Å². The maximum absolute atomic E-state index is 12.2. The van der Waals surface area contributed by atoms with Crippen LogP contribution in [0.1, 0.15) is 29.8 Å². The number of carbonyl (C=O) groups is 3. The Balaban J connectivity index is 3.08. The molecule has 18 heavy (non-hydrogen) atoms. The van der Waals surface area contributed by atoms with Crippen LogP contribution in [0.25, 0.3) is 0 Å². The summed E-state index contributed by atoms with van der Waals surface area (Å²) in [5, 5.41) is 0. The zero-order valence-electron chi connectivity index (χ0n) is 10.7. The largest absolute Gasteiger partial charge is 0.465 e. The molecule has 0 fully saturated rings. The van der Waals surface area contributed by atoms with Crippen LogP contribution >= 0.6 is 0 Å². The van der Waals surface area contributed by atoms with Crippen LogP contribution < -0.4 is 0 Å². The van der Waals surface area contributed by atoms with Crippen molar-refractivity contribution in [2.45, 2.75) is 20.8 Å². The lowest BCUT2D eigenvalue weighted by Gasteiger charge is -2.12. The van der Waals surface area contributed by atoms with Crippen molar-refractivity contribution in [1.29, 1.82) is 0 Å². The second-order valence-corrected chi connectivity index (χ2v) is 3.97. The fourth-order valence-corrected chi connectivity index (χ4v) is 1.69. The molecule has 4 heteroatoms. The normalized spacial score (nSPS) is 11.7. The third kappa shape index (κ3) is 3.03. The average molecular weight is 248 g/mol. The number of rotatable bonds is 5. The topological polar surface area (TPSA) is 60.4 Å². The van der Waals surface area contributed by atoms with Crippen LogP contribution in [0.2, 0.25) is 0 Å². The van der Waals surface area contributed by atoms with E-state index in [0.717, 1.165) is 5.56 Å². The molecule has 0 aliphatic heterocycles. The predicted molar refractivity (Wildman–Crippen MR) is 66.3 cm³/mol.